The maximum atomic E-state index is 13.3. The average Bonchev–Trinajstić information content (AvgIpc) is 3.37. The zero-order valence-corrected chi connectivity index (χ0v) is 19.6. The van der Waals surface area contributed by atoms with Gasteiger partial charge in [-0.25, -0.2) is 0 Å². The topological polar surface area (TPSA) is 101 Å². The molecular formula is C26H28N2O6. The summed E-state index contributed by atoms with van der Waals surface area (Å²) in [4.78, 5) is 31.1. The van der Waals surface area contributed by atoms with Gasteiger partial charge in [0.25, 0.3) is 11.7 Å². The number of methoxy groups -OCH3 is 2. The number of H-pyrrole nitrogens is 1. The lowest BCUT2D eigenvalue weighted by Gasteiger charge is -2.25. The zero-order chi connectivity index (χ0) is 24.4. The van der Waals surface area contributed by atoms with Crippen LogP contribution in [0.5, 0.6) is 11.5 Å². The highest BCUT2D eigenvalue weighted by molar-refractivity contribution is 6.46. The predicted molar refractivity (Wildman–Crippen MR) is 128 cm³/mol. The van der Waals surface area contributed by atoms with Crippen LogP contribution in [0.15, 0.2) is 54.2 Å². The maximum absolute atomic E-state index is 13.3. The van der Waals surface area contributed by atoms with Gasteiger partial charge in [0.05, 0.1) is 44.1 Å². The predicted octanol–water partition coefficient (Wildman–Crippen LogP) is 4.03. The molecule has 4 rings (SSSR count). The Morgan fingerprint density at radius 1 is 1.12 bits per heavy atom. The largest absolute Gasteiger partial charge is 0.507 e. The molecule has 1 saturated heterocycles. The Balaban J connectivity index is 1.89. The van der Waals surface area contributed by atoms with Gasteiger partial charge in [-0.05, 0) is 32.0 Å². The van der Waals surface area contributed by atoms with Crippen LogP contribution in [0.2, 0.25) is 0 Å². The number of aromatic amines is 1. The highest BCUT2D eigenvalue weighted by Gasteiger charge is 2.47. The van der Waals surface area contributed by atoms with Crippen molar-refractivity contribution in [2.45, 2.75) is 26.0 Å². The molecule has 1 aliphatic rings. The third-order valence-electron chi connectivity index (χ3n) is 5.90. The van der Waals surface area contributed by atoms with Crippen LogP contribution in [0.1, 0.15) is 31.0 Å². The number of carbonyl (C=O) groups is 2. The number of Topliss-reactive ketones (excluding diaryl/α,β-unsaturated/α-hetero) is 1. The third-order valence-corrected chi connectivity index (χ3v) is 5.90. The molecule has 0 saturated carbocycles. The number of para-hydroxylation sites is 1. The summed E-state index contributed by atoms with van der Waals surface area (Å²) in [5.74, 6) is -0.885. The van der Waals surface area contributed by atoms with Gasteiger partial charge < -0.3 is 29.2 Å². The minimum Gasteiger partial charge on any atom is -0.507 e. The van der Waals surface area contributed by atoms with E-state index in [1.54, 1.807) is 24.4 Å². The SMILES string of the molecule is COc1ccc(/C(O)=C2\C(=O)C(=O)N(CCOC(C)C)C2c2c[nH]c3ccccc23)c(OC)c1. The van der Waals surface area contributed by atoms with Gasteiger partial charge in [-0.2, -0.15) is 0 Å². The number of carbonyl (C=O) groups excluding carboxylic acids is 2. The first kappa shape index (κ1) is 23.4. The number of ketones is 1. The van der Waals surface area contributed by atoms with Crippen LogP contribution < -0.4 is 9.47 Å². The summed E-state index contributed by atoms with van der Waals surface area (Å²) in [5.41, 5.74) is 1.88. The number of nitrogens with zero attached hydrogens (tertiary/aromatic N) is 1. The number of hydrogen-bond donors (Lipinski definition) is 2. The van der Waals surface area contributed by atoms with Gasteiger partial charge in [0.2, 0.25) is 0 Å². The van der Waals surface area contributed by atoms with E-state index in [1.807, 2.05) is 38.1 Å². The second-order valence-electron chi connectivity index (χ2n) is 8.27. The summed E-state index contributed by atoms with van der Waals surface area (Å²) >= 11 is 0. The molecule has 8 heteroatoms. The third kappa shape index (κ3) is 4.12. The molecule has 1 aliphatic heterocycles. The van der Waals surface area contributed by atoms with Crippen molar-refractivity contribution in [1.29, 1.82) is 0 Å². The Bertz CT molecular complexity index is 1260. The molecule has 0 aliphatic carbocycles. The Morgan fingerprint density at radius 3 is 2.59 bits per heavy atom. The quantitative estimate of drug-likeness (QED) is 0.297. The lowest BCUT2D eigenvalue weighted by Crippen LogP contribution is -2.33. The van der Waals surface area contributed by atoms with Crippen LogP contribution in [0.4, 0.5) is 0 Å². The second kappa shape index (κ2) is 9.61. The van der Waals surface area contributed by atoms with Gasteiger partial charge in [0.15, 0.2) is 0 Å². The van der Waals surface area contributed by atoms with Crippen LogP contribution in [-0.2, 0) is 14.3 Å². The number of likely N-dealkylation sites (tertiary alicyclic amines) is 1. The van der Waals surface area contributed by atoms with Gasteiger partial charge in [0, 0.05) is 35.3 Å². The minimum absolute atomic E-state index is 0.00256. The van der Waals surface area contributed by atoms with Crippen molar-refractivity contribution in [1.82, 2.24) is 9.88 Å². The Kier molecular flexibility index (Phi) is 6.61. The first-order chi connectivity index (χ1) is 16.4. The summed E-state index contributed by atoms with van der Waals surface area (Å²) in [6, 6.07) is 11.7. The number of aliphatic hydroxyl groups excluding tert-OH is 1. The van der Waals surface area contributed by atoms with E-state index in [0.29, 0.717) is 22.6 Å². The lowest BCUT2D eigenvalue weighted by molar-refractivity contribution is -0.140. The van der Waals surface area contributed by atoms with Crippen molar-refractivity contribution in [3.8, 4) is 11.5 Å². The van der Waals surface area contributed by atoms with Gasteiger partial charge in [-0.15, -0.1) is 0 Å². The number of amides is 1. The number of benzene rings is 2. The van der Waals surface area contributed by atoms with Crippen LogP contribution in [0, 0.1) is 0 Å². The fourth-order valence-electron chi connectivity index (χ4n) is 4.28. The maximum Gasteiger partial charge on any atom is 0.295 e. The van der Waals surface area contributed by atoms with Crippen molar-refractivity contribution in [2.75, 3.05) is 27.4 Å². The fraction of sp³-hybridized carbons (Fsp3) is 0.308. The monoisotopic (exact) mass is 464 g/mol. The smallest absolute Gasteiger partial charge is 0.295 e. The average molecular weight is 465 g/mol. The molecule has 0 spiro atoms. The van der Waals surface area contributed by atoms with E-state index in [0.717, 1.165) is 10.9 Å². The number of aliphatic hydroxyl groups is 1. The van der Waals surface area contributed by atoms with Crippen molar-refractivity contribution >= 4 is 28.4 Å². The Labute approximate surface area is 197 Å². The van der Waals surface area contributed by atoms with E-state index in [1.165, 1.54) is 19.1 Å². The number of rotatable bonds is 8. The number of ether oxygens (including phenoxy) is 3. The van der Waals surface area contributed by atoms with Crippen LogP contribution in [0.3, 0.4) is 0 Å². The van der Waals surface area contributed by atoms with E-state index in [4.69, 9.17) is 14.2 Å². The van der Waals surface area contributed by atoms with Gasteiger partial charge >= 0.3 is 0 Å². The first-order valence-corrected chi connectivity index (χ1v) is 11.1. The minimum atomic E-state index is -0.793. The van der Waals surface area contributed by atoms with E-state index >= 15 is 0 Å². The summed E-state index contributed by atoms with van der Waals surface area (Å²) in [6.07, 6.45) is 1.75. The van der Waals surface area contributed by atoms with E-state index in [9.17, 15) is 14.7 Å². The molecule has 2 heterocycles. The molecule has 1 unspecified atom stereocenters. The summed E-state index contributed by atoms with van der Waals surface area (Å²) in [6.45, 7) is 4.27. The Hall–Kier alpha value is -3.78. The van der Waals surface area contributed by atoms with Crippen molar-refractivity contribution in [2.24, 2.45) is 0 Å². The summed E-state index contributed by atoms with van der Waals surface area (Å²) < 4.78 is 16.3. The number of hydrogen-bond acceptors (Lipinski definition) is 6. The van der Waals surface area contributed by atoms with E-state index in [2.05, 4.69) is 4.98 Å². The molecule has 1 amide bonds. The van der Waals surface area contributed by atoms with Gasteiger partial charge in [0.1, 0.15) is 17.3 Å². The van der Waals surface area contributed by atoms with Crippen LogP contribution in [0.25, 0.3) is 16.7 Å². The molecule has 0 radical (unpaired) electrons. The standard InChI is InChI=1S/C26H28N2O6/c1-15(2)34-12-11-28-23(19-14-27-20-8-6-5-7-17(19)20)22(25(30)26(28)31)24(29)18-10-9-16(32-3)13-21(18)33-4/h5-10,13-15,23,27,29H,11-12H2,1-4H3/b24-22+. The van der Waals surface area contributed by atoms with Crippen molar-refractivity contribution < 1.29 is 28.9 Å². The highest BCUT2D eigenvalue weighted by Crippen LogP contribution is 2.43. The second-order valence-corrected chi connectivity index (χ2v) is 8.27. The molecule has 1 atom stereocenters. The molecule has 34 heavy (non-hydrogen) atoms. The van der Waals surface area contributed by atoms with Gasteiger partial charge in [-0.1, -0.05) is 18.2 Å². The molecule has 1 aromatic heterocycles. The number of nitrogens with one attached hydrogen (secondary N) is 1. The lowest BCUT2D eigenvalue weighted by atomic mass is 9.94. The molecule has 2 aromatic carbocycles. The summed E-state index contributed by atoms with van der Waals surface area (Å²) in [7, 11) is 2.99. The van der Waals surface area contributed by atoms with Crippen molar-refractivity contribution in [3.63, 3.8) is 0 Å². The zero-order valence-electron chi connectivity index (χ0n) is 19.6. The number of aromatic nitrogens is 1. The van der Waals surface area contributed by atoms with Gasteiger partial charge in [-0.3, -0.25) is 9.59 Å². The molecule has 0 bridgehead atoms. The molecule has 3 aromatic rings. The molecule has 2 N–H and O–H groups in total. The highest BCUT2D eigenvalue weighted by atomic mass is 16.5. The Morgan fingerprint density at radius 2 is 1.88 bits per heavy atom. The molecule has 178 valence electrons. The van der Waals surface area contributed by atoms with E-state index in [-0.39, 0.29) is 30.6 Å². The van der Waals surface area contributed by atoms with E-state index < -0.39 is 17.7 Å². The van der Waals surface area contributed by atoms with Crippen LogP contribution in [-0.4, -0.2) is 60.2 Å². The molecule has 1 fully saturated rings. The molecular weight excluding hydrogens is 436 g/mol. The van der Waals surface area contributed by atoms with Crippen molar-refractivity contribution in [3.05, 3.63) is 65.4 Å². The number of fused-ring (bicyclic) bond motifs is 1. The molecule has 8 nitrogen and oxygen atoms in total. The normalized spacial score (nSPS) is 17.7. The van der Waals surface area contributed by atoms with Crippen LogP contribution >= 0.6 is 0 Å². The first-order valence-electron chi connectivity index (χ1n) is 11.1. The fourth-order valence-corrected chi connectivity index (χ4v) is 4.28. The summed E-state index contributed by atoms with van der Waals surface area (Å²) in [5, 5.41) is 12.2.